The summed E-state index contributed by atoms with van der Waals surface area (Å²) >= 11 is 0. The van der Waals surface area contributed by atoms with E-state index in [0.717, 1.165) is 10.2 Å². The number of hydrogen-bond acceptors (Lipinski definition) is 8. The maximum atomic E-state index is 11.7. The highest BCUT2D eigenvalue weighted by Gasteiger charge is 2.07. The van der Waals surface area contributed by atoms with Crippen molar-refractivity contribution in [2.24, 2.45) is 5.10 Å². The van der Waals surface area contributed by atoms with Crippen LogP contribution in [0.15, 0.2) is 23.3 Å². The molecule has 1 amide bonds. The fourth-order valence-electron chi connectivity index (χ4n) is 1.71. The molecule has 122 valence electrons. The highest BCUT2D eigenvalue weighted by molar-refractivity contribution is 5.83. The third-order valence-corrected chi connectivity index (χ3v) is 2.74. The minimum atomic E-state index is -0.404. The lowest BCUT2D eigenvalue weighted by molar-refractivity contribution is -0.121. The summed E-state index contributed by atoms with van der Waals surface area (Å²) in [4.78, 5) is 11.7. The van der Waals surface area contributed by atoms with Crippen molar-refractivity contribution in [3.63, 3.8) is 0 Å². The molecule has 0 spiro atoms. The first kappa shape index (κ1) is 16.2. The molecule has 3 N–H and O–H groups in total. The molecule has 10 heteroatoms. The van der Waals surface area contributed by atoms with Gasteiger partial charge in [-0.15, -0.1) is 0 Å². The van der Waals surface area contributed by atoms with Gasteiger partial charge in [-0.3, -0.25) is 4.79 Å². The number of hydrogen-bond donors (Lipinski definition) is 2. The number of nitrogens with two attached hydrogens (primary N) is 1. The van der Waals surface area contributed by atoms with E-state index in [-0.39, 0.29) is 12.5 Å². The minimum absolute atomic E-state index is 0.0559. The van der Waals surface area contributed by atoms with E-state index in [2.05, 4.69) is 26.1 Å². The standard InChI is InChI=1S/C13H17N7O3/c1-3-23-10-5-4-9(6-11(10)22-2)7-15-16-12(21)8-20-13(14)17-18-19-20/h4-7H,3,8H2,1-2H3,(H,16,21)(H2,14,17,19)/b15-7+. The second-order valence-corrected chi connectivity index (χ2v) is 4.33. The molecule has 0 saturated carbocycles. The average molecular weight is 319 g/mol. The van der Waals surface area contributed by atoms with Crippen molar-refractivity contribution in [2.75, 3.05) is 19.5 Å². The lowest BCUT2D eigenvalue weighted by atomic mass is 10.2. The Bertz CT molecular complexity index is 699. The van der Waals surface area contributed by atoms with Crippen LogP contribution in [0.4, 0.5) is 5.95 Å². The number of carbonyl (C=O) groups excluding carboxylic acids is 1. The molecular formula is C13H17N7O3. The van der Waals surface area contributed by atoms with Crippen LogP contribution in [0, 0.1) is 0 Å². The Morgan fingerprint density at radius 1 is 1.48 bits per heavy atom. The predicted octanol–water partition coefficient (Wildman–Crippen LogP) is -0.187. The Hall–Kier alpha value is -3.17. The van der Waals surface area contributed by atoms with Gasteiger partial charge in [-0.2, -0.15) is 5.10 Å². The second-order valence-electron chi connectivity index (χ2n) is 4.33. The van der Waals surface area contributed by atoms with Gasteiger partial charge in [0.25, 0.3) is 5.91 Å². The van der Waals surface area contributed by atoms with Crippen LogP contribution < -0.4 is 20.6 Å². The van der Waals surface area contributed by atoms with Gasteiger partial charge in [0.1, 0.15) is 6.54 Å². The van der Waals surface area contributed by atoms with Gasteiger partial charge in [0.15, 0.2) is 11.5 Å². The van der Waals surface area contributed by atoms with E-state index in [0.29, 0.717) is 18.1 Å². The number of amides is 1. The van der Waals surface area contributed by atoms with Crippen molar-refractivity contribution in [3.8, 4) is 11.5 Å². The van der Waals surface area contributed by atoms with Crippen molar-refractivity contribution in [1.82, 2.24) is 25.6 Å². The van der Waals surface area contributed by atoms with Gasteiger partial charge in [-0.1, -0.05) is 5.10 Å². The molecule has 10 nitrogen and oxygen atoms in total. The highest BCUT2D eigenvalue weighted by atomic mass is 16.5. The fraction of sp³-hybridized carbons (Fsp3) is 0.308. The van der Waals surface area contributed by atoms with Crippen LogP contribution in [0.1, 0.15) is 12.5 Å². The number of tetrazole rings is 1. The first-order valence-electron chi connectivity index (χ1n) is 6.78. The normalized spacial score (nSPS) is 10.7. The summed E-state index contributed by atoms with van der Waals surface area (Å²) in [6.45, 7) is 2.31. The van der Waals surface area contributed by atoms with Gasteiger partial charge in [0.05, 0.1) is 19.9 Å². The van der Waals surface area contributed by atoms with E-state index in [9.17, 15) is 4.79 Å². The van der Waals surface area contributed by atoms with Gasteiger partial charge < -0.3 is 15.2 Å². The number of methoxy groups -OCH3 is 1. The summed E-state index contributed by atoms with van der Waals surface area (Å²) in [6, 6.07) is 5.32. The van der Waals surface area contributed by atoms with E-state index in [4.69, 9.17) is 15.2 Å². The first-order valence-corrected chi connectivity index (χ1v) is 6.78. The molecule has 1 aromatic carbocycles. The Labute approximate surface area is 132 Å². The number of aromatic nitrogens is 4. The van der Waals surface area contributed by atoms with Crippen molar-refractivity contribution in [2.45, 2.75) is 13.5 Å². The van der Waals surface area contributed by atoms with Gasteiger partial charge in [0, 0.05) is 0 Å². The molecule has 0 radical (unpaired) electrons. The molecule has 0 fully saturated rings. The predicted molar refractivity (Wildman–Crippen MR) is 82.1 cm³/mol. The third kappa shape index (κ3) is 4.40. The molecule has 23 heavy (non-hydrogen) atoms. The number of nitrogens with zero attached hydrogens (tertiary/aromatic N) is 5. The average Bonchev–Trinajstić information content (AvgIpc) is 2.94. The number of anilines is 1. The van der Waals surface area contributed by atoms with Crippen molar-refractivity contribution < 1.29 is 14.3 Å². The van der Waals surface area contributed by atoms with E-state index in [1.54, 1.807) is 25.3 Å². The zero-order chi connectivity index (χ0) is 16.7. The molecule has 1 aromatic heterocycles. The molecule has 0 atom stereocenters. The van der Waals surface area contributed by atoms with Crippen molar-refractivity contribution >= 4 is 18.1 Å². The first-order chi connectivity index (χ1) is 11.1. The minimum Gasteiger partial charge on any atom is -0.493 e. The molecule has 0 aliphatic heterocycles. The number of rotatable bonds is 7. The van der Waals surface area contributed by atoms with Gasteiger partial charge in [-0.05, 0) is 41.1 Å². The van der Waals surface area contributed by atoms with E-state index < -0.39 is 5.91 Å². The zero-order valence-electron chi connectivity index (χ0n) is 12.8. The van der Waals surface area contributed by atoms with Gasteiger partial charge in [-0.25, -0.2) is 10.1 Å². The van der Waals surface area contributed by atoms with Gasteiger partial charge in [0.2, 0.25) is 5.95 Å². The molecule has 2 aromatic rings. The number of nitrogens with one attached hydrogen (secondary N) is 1. The van der Waals surface area contributed by atoms with E-state index >= 15 is 0 Å². The monoisotopic (exact) mass is 319 g/mol. The van der Waals surface area contributed by atoms with Crippen molar-refractivity contribution in [3.05, 3.63) is 23.8 Å². The van der Waals surface area contributed by atoms with Crippen LogP contribution in [0.2, 0.25) is 0 Å². The quantitative estimate of drug-likeness (QED) is 0.534. The lowest BCUT2D eigenvalue weighted by Crippen LogP contribution is -2.24. The Morgan fingerprint density at radius 2 is 2.30 bits per heavy atom. The number of benzene rings is 1. The molecular weight excluding hydrogens is 302 g/mol. The van der Waals surface area contributed by atoms with Crippen LogP contribution in [0.3, 0.4) is 0 Å². The number of hydrazone groups is 1. The number of carbonyl (C=O) groups is 1. The Balaban J connectivity index is 1.95. The Kier molecular flexibility index (Phi) is 5.45. The molecule has 0 aliphatic carbocycles. The SMILES string of the molecule is CCOc1ccc(/C=N/NC(=O)Cn2nnnc2N)cc1OC. The largest absolute Gasteiger partial charge is 0.493 e. The van der Waals surface area contributed by atoms with E-state index in [1.165, 1.54) is 6.21 Å². The third-order valence-electron chi connectivity index (χ3n) is 2.74. The van der Waals surface area contributed by atoms with E-state index in [1.807, 2.05) is 6.92 Å². The molecule has 0 bridgehead atoms. The Morgan fingerprint density at radius 3 is 2.96 bits per heavy atom. The molecule has 2 rings (SSSR count). The van der Waals surface area contributed by atoms with Crippen LogP contribution >= 0.6 is 0 Å². The summed E-state index contributed by atoms with van der Waals surface area (Å²) in [5, 5.41) is 14.2. The fourth-order valence-corrected chi connectivity index (χ4v) is 1.71. The smallest absolute Gasteiger partial charge is 0.261 e. The maximum absolute atomic E-state index is 11.7. The molecule has 0 unspecified atom stereocenters. The summed E-state index contributed by atoms with van der Waals surface area (Å²) in [5.74, 6) is 0.882. The van der Waals surface area contributed by atoms with Crippen LogP contribution in [0.25, 0.3) is 0 Å². The lowest BCUT2D eigenvalue weighted by Gasteiger charge is -2.09. The second kappa shape index (κ2) is 7.73. The number of nitrogen functional groups attached to an aromatic ring is 1. The number of ether oxygens (including phenoxy) is 2. The summed E-state index contributed by atoms with van der Waals surface area (Å²) < 4.78 is 11.8. The van der Waals surface area contributed by atoms with Crippen molar-refractivity contribution in [1.29, 1.82) is 0 Å². The van der Waals surface area contributed by atoms with Crippen LogP contribution in [-0.4, -0.2) is 46.0 Å². The molecule has 1 heterocycles. The molecule has 0 aliphatic rings. The molecule has 0 saturated heterocycles. The van der Waals surface area contributed by atoms with Gasteiger partial charge >= 0.3 is 0 Å². The topological polar surface area (TPSA) is 130 Å². The highest BCUT2D eigenvalue weighted by Crippen LogP contribution is 2.27. The summed E-state index contributed by atoms with van der Waals surface area (Å²) in [5.41, 5.74) is 8.57. The zero-order valence-corrected chi connectivity index (χ0v) is 12.8. The van der Waals surface area contributed by atoms with Crippen LogP contribution in [0.5, 0.6) is 11.5 Å². The summed E-state index contributed by atoms with van der Waals surface area (Å²) in [7, 11) is 1.55. The van der Waals surface area contributed by atoms with Crippen LogP contribution in [-0.2, 0) is 11.3 Å². The summed E-state index contributed by atoms with van der Waals surface area (Å²) in [6.07, 6.45) is 1.49. The maximum Gasteiger partial charge on any atom is 0.261 e.